The number of phenols is 1. The number of carbonyl (C=O) groups is 1. The molecule has 2 heterocycles. The topological polar surface area (TPSA) is 81.2 Å². The lowest BCUT2D eigenvalue weighted by Crippen LogP contribution is -2.51. The van der Waals surface area contributed by atoms with Gasteiger partial charge in [0.2, 0.25) is 5.91 Å². The normalized spacial score (nSPS) is 15.4. The van der Waals surface area contributed by atoms with Crippen molar-refractivity contribution in [2.45, 2.75) is 4.21 Å². The minimum atomic E-state index is -3.73. The van der Waals surface area contributed by atoms with Gasteiger partial charge in [0.25, 0.3) is 10.0 Å². The largest absolute Gasteiger partial charge is 0.506 e. The fraction of sp³-hybridized carbons (Fsp3) is 0.353. The third-order valence-corrected chi connectivity index (χ3v) is 7.93. The van der Waals surface area contributed by atoms with Gasteiger partial charge in [-0.15, -0.1) is 11.3 Å². The third kappa shape index (κ3) is 4.37. The molecule has 1 saturated heterocycles. The van der Waals surface area contributed by atoms with Gasteiger partial charge < -0.3 is 14.9 Å². The summed E-state index contributed by atoms with van der Waals surface area (Å²) in [5, 5.41) is 9.95. The highest BCUT2D eigenvalue weighted by atomic mass is 35.5. The van der Waals surface area contributed by atoms with Gasteiger partial charge in [0.05, 0.1) is 16.6 Å². The second-order valence-electron chi connectivity index (χ2n) is 6.18. The van der Waals surface area contributed by atoms with Crippen molar-refractivity contribution < 1.29 is 18.3 Å². The Hall–Kier alpha value is -1.81. The zero-order chi connectivity index (χ0) is 19.6. The Kier molecular flexibility index (Phi) is 5.95. The van der Waals surface area contributed by atoms with Gasteiger partial charge in [-0.05, 0) is 24.3 Å². The minimum Gasteiger partial charge on any atom is -0.506 e. The van der Waals surface area contributed by atoms with E-state index in [9.17, 15) is 18.3 Å². The maximum absolute atomic E-state index is 12.5. The van der Waals surface area contributed by atoms with Crippen LogP contribution in [0.4, 0.5) is 5.69 Å². The van der Waals surface area contributed by atoms with Crippen LogP contribution in [-0.2, 0) is 14.8 Å². The molecular weight excluding hydrogens is 410 g/mol. The van der Waals surface area contributed by atoms with E-state index in [0.29, 0.717) is 30.5 Å². The fourth-order valence-corrected chi connectivity index (χ4v) is 5.71. The number of thiophene rings is 1. The van der Waals surface area contributed by atoms with Crippen molar-refractivity contribution >= 4 is 44.6 Å². The predicted octanol–water partition coefficient (Wildman–Crippen LogP) is 2.08. The summed E-state index contributed by atoms with van der Waals surface area (Å²) in [5.74, 6) is -0.0432. The summed E-state index contributed by atoms with van der Waals surface area (Å²) in [5.41, 5.74) is 0.735. The van der Waals surface area contributed by atoms with Gasteiger partial charge in [0, 0.05) is 33.2 Å². The Bertz CT molecular complexity index is 924. The number of carbonyl (C=O) groups excluding carboxylic acids is 1. The van der Waals surface area contributed by atoms with Crippen LogP contribution in [0, 0.1) is 0 Å². The first-order chi connectivity index (χ1) is 12.8. The molecule has 10 heteroatoms. The number of rotatable bonds is 5. The molecule has 0 bridgehead atoms. The second kappa shape index (κ2) is 8.05. The Morgan fingerprint density at radius 2 is 1.85 bits per heavy atom. The number of halogens is 1. The van der Waals surface area contributed by atoms with Crippen LogP contribution in [0.2, 0.25) is 4.34 Å². The summed E-state index contributed by atoms with van der Waals surface area (Å²) in [6, 6.07) is 10.0. The molecule has 0 unspecified atom stereocenters. The Morgan fingerprint density at radius 1 is 1.19 bits per heavy atom. The first kappa shape index (κ1) is 19.9. The van der Waals surface area contributed by atoms with Gasteiger partial charge in [0.1, 0.15) is 9.96 Å². The summed E-state index contributed by atoms with van der Waals surface area (Å²) >= 11 is 6.78. The number of hydrogen-bond donors (Lipinski definition) is 1. The monoisotopic (exact) mass is 429 g/mol. The molecule has 1 aliphatic rings. The van der Waals surface area contributed by atoms with E-state index in [1.54, 1.807) is 17.0 Å². The number of piperazine rings is 1. The number of benzene rings is 1. The zero-order valence-electron chi connectivity index (χ0n) is 14.7. The average molecular weight is 430 g/mol. The van der Waals surface area contributed by atoms with Gasteiger partial charge in [-0.2, -0.15) is 4.31 Å². The lowest BCUT2D eigenvalue weighted by molar-refractivity contribution is -0.131. The van der Waals surface area contributed by atoms with Crippen molar-refractivity contribution in [3.63, 3.8) is 0 Å². The third-order valence-electron chi connectivity index (χ3n) is 4.43. The summed E-state index contributed by atoms with van der Waals surface area (Å²) < 4.78 is 26.6. The van der Waals surface area contributed by atoms with E-state index >= 15 is 0 Å². The molecule has 1 aromatic carbocycles. The molecular formula is C17H20ClN3O4S2. The number of likely N-dealkylation sites (N-methyl/N-ethyl adjacent to an activating group) is 1. The highest BCUT2D eigenvalue weighted by molar-refractivity contribution is 7.91. The first-order valence-electron chi connectivity index (χ1n) is 8.31. The standard InChI is InChI=1S/C17H20ClN3O4S2/c1-19(27(24,25)17-7-6-15(18)26-17)12-16(23)21-10-8-20(9-11-21)13-4-2-3-5-14(13)22/h2-7,22H,8-12H2,1H3. The van der Waals surface area contributed by atoms with Crippen LogP contribution >= 0.6 is 22.9 Å². The fourth-order valence-electron chi connectivity index (χ4n) is 2.89. The minimum absolute atomic E-state index is 0.118. The van der Waals surface area contributed by atoms with Crippen LogP contribution < -0.4 is 4.90 Å². The number of aromatic hydroxyl groups is 1. The SMILES string of the molecule is CN(CC(=O)N1CCN(c2ccccc2O)CC1)S(=O)(=O)c1ccc(Cl)s1. The molecule has 0 atom stereocenters. The maximum Gasteiger partial charge on any atom is 0.252 e. The number of phenolic OH excluding ortho intramolecular Hbond substituents is 1. The molecule has 3 rings (SSSR count). The number of anilines is 1. The van der Waals surface area contributed by atoms with Gasteiger partial charge in [-0.25, -0.2) is 8.42 Å². The molecule has 1 N–H and O–H groups in total. The highest BCUT2D eigenvalue weighted by Gasteiger charge is 2.28. The summed E-state index contributed by atoms with van der Waals surface area (Å²) in [6.45, 7) is 1.84. The Morgan fingerprint density at radius 3 is 2.44 bits per heavy atom. The van der Waals surface area contributed by atoms with E-state index < -0.39 is 10.0 Å². The summed E-state index contributed by atoms with van der Waals surface area (Å²) in [4.78, 5) is 16.2. The van der Waals surface area contributed by atoms with Crippen molar-refractivity contribution in [2.75, 3.05) is 44.7 Å². The van der Waals surface area contributed by atoms with Crippen LogP contribution in [0.15, 0.2) is 40.6 Å². The van der Waals surface area contributed by atoms with Crippen LogP contribution in [0.5, 0.6) is 5.75 Å². The first-order valence-corrected chi connectivity index (χ1v) is 10.9. The molecule has 1 fully saturated rings. The molecule has 0 spiro atoms. The lowest BCUT2D eigenvalue weighted by Gasteiger charge is -2.36. The van der Waals surface area contributed by atoms with Crippen molar-refractivity contribution in [1.82, 2.24) is 9.21 Å². The molecule has 1 aliphatic heterocycles. The number of para-hydroxylation sites is 2. The van der Waals surface area contributed by atoms with Crippen LogP contribution in [0.3, 0.4) is 0 Å². The molecule has 0 saturated carbocycles. The molecule has 27 heavy (non-hydrogen) atoms. The number of nitrogens with zero attached hydrogens (tertiary/aromatic N) is 3. The number of amides is 1. The smallest absolute Gasteiger partial charge is 0.252 e. The molecule has 0 radical (unpaired) electrons. The zero-order valence-corrected chi connectivity index (χ0v) is 17.1. The van der Waals surface area contributed by atoms with Gasteiger partial charge in [0.15, 0.2) is 0 Å². The average Bonchev–Trinajstić information content (AvgIpc) is 3.09. The van der Waals surface area contributed by atoms with Gasteiger partial charge in [-0.3, -0.25) is 4.79 Å². The molecule has 7 nitrogen and oxygen atoms in total. The lowest BCUT2D eigenvalue weighted by atomic mass is 10.2. The van der Waals surface area contributed by atoms with E-state index in [0.717, 1.165) is 21.3 Å². The molecule has 2 aromatic rings. The van der Waals surface area contributed by atoms with Crippen molar-refractivity contribution in [2.24, 2.45) is 0 Å². The van der Waals surface area contributed by atoms with Crippen molar-refractivity contribution in [3.05, 3.63) is 40.7 Å². The molecule has 1 amide bonds. The van der Waals surface area contributed by atoms with Crippen LogP contribution in [-0.4, -0.2) is 68.4 Å². The van der Waals surface area contributed by atoms with E-state index in [-0.39, 0.29) is 22.4 Å². The van der Waals surface area contributed by atoms with Crippen molar-refractivity contribution in [3.8, 4) is 5.75 Å². The number of hydrogen-bond acceptors (Lipinski definition) is 6. The van der Waals surface area contributed by atoms with Crippen LogP contribution in [0.25, 0.3) is 0 Å². The van der Waals surface area contributed by atoms with Gasteiger partial charge in [-0.1, -0.05) is 23.7 Å². The molecule has 0 aliphatic carbocycles. The Labute approximate surface area is 167 Å². The second-order valence-corrected chi connectivity index (χ2v) is 10.2. The molecule has 146 valence electrons. The predicted molar refractivity (Wildman–Crippen MR) is 106 cm³/mol. The summed E-state index contributed by atoms with van der Waals surface area (Å²) in [6.07, 6.45) is 0. The summed E-state index contributed by atoms with van der Waals surface area (Å²) in [7, 11) is -2.35. The molecule has 1 aromatic heterocycles. The van der Waals surface area contributed by atoms with E-state index in [4.69, 9.17) is 11.6 Å². The Balaban J connectivity index is 1.59. The number of sulfonamides is 1. The quantitative estimate of drug-likeness (QED) is 0.786. The van der Waals surface area contributed by atoms with Crippen molar-refractivity contribution in [1.29, 1.82) is 0 Å². The van der Waals surface area contributed by atoms with Gasteiger partial charge >= 0.3 is 0 Å². The van der Waals surface area contributed by atoms with E-state index in [2.05, 4.69) is 0 Å². The van der Waals surface area contributed by atoms with E-state index in [1.165, 1.54) is 19.2 Å². The van der Waals surface area contributed by atoms with E-state index in [1.807, 2.05) is 17.0 Å². The highest BCUT2D eigenvalue weighted by Crippen LogP contribution is 2.28. The van der Waals surface area contributed by atoms with Crippen LogP contribution in [0.1, 0.15) is 0 Å². The maximum atomic E-state index is 12.5.